The molecule has 116 valence electrons. The SMILES string of the molecule is CCNc1cc(C(=O)N(C)C2CCOC2)cc(C(C)C)n1. The first kappa shape index (κ1) is 15.8. The van der Waals surface area contributed by atoms with E-state index in [0.717, 1.165) is 31.1 Å². The molecular weight excluding hydrogens is 266 g/mol. The third-order valence-corrected chi connectivity index (χ3v) is 3.82. The molecule has 0 aliphatic carbocycles. The number of rotatable bonds is 5. The first-order valence-corrected chi connectivity index (χ1v) is 7.63. The number of hydrogen-bond donors (Lipinski definition) is 1. The lowest BCUT2D eigenvalue weighted by molar-refractivity contribution is 0.0711. The van der Waals surface area contributed by atoms with Crippen molar-refractivity contribution in [1.82, 2.24) is 9.88 Å². The number of carbonyl (C=O) groups is 1. The molecule has 0 saturated carbocycles. The van der Waals surface area contributed by atoms with E-state index in [-0.39, 0.29) is 17.9 Å². The van der Waals surface area contributed by atoms with Crippen molar-refractivity contribution in [3.63, 3.8) is 0 Å². The molecule has 1 fully saturated rings. The number of carbonyl (C=O) groups excluding carboxylic acids is 1. The number of nitrogens with zero attached hydrogens (tertiary/aromatic N) is 2. The van der Waals surface area contributed by atoms with E-state index in [1.807, 2.05) is 26.1 Å². The summed E-state index contributed by atoms with van der Waals surface area (Å²) in [5.41, 5.74) is 1.63. The van der Waals surface area contributed by atoms with E-state index < -0.39 is 0 Å². The molecule has 5 nitrogen and oxygen atoms in total. The third-order valence-electron chi connectivity index (χ3n) is 3.82. The van der Waals surface area contributed by atoms with Crippen LogP contribution in [-0.2, 0) is 4.74 Å². The van der Waals surface area contributed by atoms with Gasteiger partial charge in [0.05, 0.1) is 12.6 Å². The van der Waals surface area contributed by atoms with Crippen LogP contribution in [0.1, 0.15) is 49.2 Å². The van der Waals surface area contributed by atoms with Gasteiger partial charge in [-0.2, -0.15) is 0 Å². The molecule has 1 N–H and O–H groups in total. The van der Waals surface area contributed by atoms with E-state index in [2.05, 4.69) is 24.1 Å². The maximum absolute atomic E-state index is 12.7. The molecule has 1 aliphatic rings. The van der Waals surface area contributed by atoms with Crippen LogP contribution >= 0.6 is 0 Å². The van der Waals surface area contributed by atoms with Crippen molar-refractivity contribution in [2.24, 2.45) is 0 Å². The Balaban J connectivity index is 2.25. The number of nitrogens with one attached hydrogen (secondary N) is 1. The number of aromatic nitrogens is 1. The minimum absolute atomic E-state index is 0.0361. The molecule has 1 atom stereocenters. The summed E-state index contributed by atoms with van der Waals surface area (Å²) in [6, 6.07) is 3.92. The van der Waals surface area contributed by atoms with Gasteiger partial charge in [0.25, 0.3) is 5.91 Å². The van der Waals surface area contributed by atoms with E-state index in [9.17, 15) is 4.79 Å². The van der Waals surface area contributed by atoms with Gasteiger partial charge in [0, 0.05) is 31.5 Å². The molecule has 0 bridgehead atoms. The van der Waals surface area contributed by atoms with Crippen LogP contribution in [0.15, 0.2) is 12.1 Å². The smallest absolute Gasteiger partial charge is 0.254 e. The fraction of sp³-hybridized carbons (Fsp3) is 0.625. The summed E-state index contributed by atoms with van der Waals surface area (Å²) in [4.78, 5) is 19.0. The number of amides is 1. The van der Waals surface area contributed by atoms with Crippen molar-refractivity contribution in [2.45, 2.75) is 39.2 Å². The topological polar surface area (TPSA) is 54.5 Å². The van der Waals surface area contributed by atoms with E-state index in [1.165, 1.54) is 0 Å². The van der Waals surface area contributed by atoms with Crippen molar-refractivity contribution < 1.29 is 9.53 Å². The van der Waals surface area contributed by atoms with Crippen LogP contribution in [0, 0.1) is 0 Å². The van der Waals surface area contributed by atoms with Crippen LogP contribution < -0.4 is 5.32 Å². The molecule has 0 aromatic carbocycles. The predicted octanol–water partition coefficient (Wildman–Crippen LogP) is 2.50. The molecule has 1 aromatic heterocycles. The minimum Gasteiger partial charge on any atom is -0.379 e. The highest BCUT2D eigenvalue weighted by atomic mass is 16.5. The third kappa shape index (κ3) is 3.73. The normalized spacial score (nSPS) is 18.0. The lowest BCUT2D eigenvalue weighted by atomic mass is 10.1. The Bertz CT molecular complexity index is 496. The molecule has 1 aromatic rings. The molecule has 2 heterocycles. The molecule has 2 rings (SSSR count). The molecule has 1 unspecified atom stereocenters. The lowest BCUT2D eigenvalue weighted by Crippen LogP contribution is -2.37. The van der Waals surface area contributed by atoms with Crippen LogP contribution in [0.3, 0.4) is 0 Å². The first-order chi connectivity index (χ1) is 10.0. The number of ether oxygens (including phenoxy) is 1. The molecule has 1 aliphatic heterocycles. The lowest BCUT2D eigenvalue weighted by Gasteiger charge is -2.24. The Labute approximate surface area is 126 Å². The zero-order valence-electron chi connectivity index (χ0n) is 13.3. The van der Waals surface area contributed by atoms with E-state index >= 15 is 0 Å². The Morgan fingerprint density at radius 1 is 1.52 bits per heavy atom. The van der Waals surface area contributed by atoms with Gasteiger partial charge in [-0.1, -0.05) is 13.8 Å². The van der Waals surface area contributed by atoms with Gasteiger partial charge >= 0.3 is 0 Å². The van der Waals surface area contributed by atoms with Crippen molar-refractivity contribution in [2.75, 3.05) is 32.1 Å². The number of likely N-dealkylation sites (N-methyl/N-ethyl adjacent to an activating group) is 1. The van der Waals surface area contributed by atoms with Crippen LogP contribution in [0.25, 0.3) is 0 Å². The minimum atomic E-state index is 0.0361. The van der Waals surface area contributed by atoms with Crippen LogP contribution in [0.5, 0.6) is 0 Å². The van der Waals surface area contributed by atoms with E-state index in [4.69, 9.17) is 4.74 Å². The second-order valence-electron chi connectivity index (χ2n) is 5.78. The first-order valence-electron chi connectivity index (χ1n) is 7.63. The number of pyridine rings is 1. The van der Waals surface area contributed by atoms with Gasteiger partial charge in [0.15, 0.2) is 0 Å². The van der Waals surface area contributed by atoms with Gasteiger partial charge in [0.1, 0.15) is 5.82 Å². The average Bonchev–Trinajstić information content (AvgIpc) is 2.99. The summed E-state index contributed by atoms with van der Waals surface area (Å²) in [5, 5.41) is 3.20. The van der Waals surface area contributed by atoms with E-state index in [0.29, 0.717) is 12.2 Å². The van der Waals surface area contributed by atoms with Gasteiger partial charge in [-0.05, 0) is 31.4 Å². The Hall–Kier alpha value is -1.62. The largest absolute Gasteiger partial charge is 0.379 e. The van der Waals surface area contributed by atoms with Gasteiger partial charge in [0.2, 0.25) is 0 Å². The quantitative estimate of drug-likeness (QED) is 0.905. The zero-order chi connectivity index (χ0) is 15.4. The highest BCUT2D eigenvalue weighted by Gasteiger charge is 2.25. The van der Waals surface area contributed by atoms with Crippen molar-refractivity contribution in [1.29, 1.82) is 0 Å². The number of anilines is 1. The van der Waals surface area contributed by atoms with Gasteiger partial charge in [-0.15, -0.1) is 0 Å². The van der Waals surface area contributed by atoms with Crippen LogP contribution in [-0.4, -0.2) is 48.6 Å². The van der Waals surface area contributed by atoms with Gasteiger partial charge in [-0.3, -0.25) is 4.79 Å². The summed E-state index contributed by atoms with van der Waals surface area (Å²) < 4.78 is 5.37. The Morgan fingerprint density at radius 3 is 2.86 bits per heavy atom. The fourth-order valence-corrected chi connectivity index (χ4v) is 2.44. The Morgan fingerprint density at radius 2 is 2.29 bits per heavy atom. The predicted molar refractivity (Wildman–Crippen MR) is 83.8 cm³/mol. The van der Waals surface area contributed by atoms with Crippen molar-refractivity contribution >= 4 is 11.7 Å². The zero-order valence-corrected chi connectivity index (χ0v) is 13.3. The van der Waals surface area contributed by atoms with Gasteiger partial charge in [-0.25, -0.2) is 4.98 Å². The summed E-state index contributed by atoms with van der Waals surface area (Å²) >= 11 is 0. The van der Waals surface area contributed by atoms with Crippen LogP contribution in [0.4, 0.5) is 5.82 Å². The summed E-state index contributed by atoms with van der Waals surface area (Å²) in [6.07, 6.45) is 0.907. The standard InChI is InChI=1S/C16H25N3O2/c1-5-17-15-9-12(8-14(18-15)11(2)3)16(20)19(4)13-6-7-21-10-13/h8-9,11,13H,5-7,10H2,1-4H3,(H,17,18). The number of hydrogen-bond acceptors (Lipinski definition) is 4. The maximum Gasteiger partial charge on any atom is 0.254 e. The second-order valence-corrected chi connectivity index (χ2v) is 5.78. The van der Waals surface area contributed by atoms with Crippen molar-refractivity contribution in [3.8, 4) is 0 Å². The monoisotopic (exact) mass is 291 g/mol. The molecule has 1 amide bonds. The molecule has 0 radical (unpaired) electrons. The molecule has 1 saturated heterocycles. The van der Waals surface area contributed by atoms with Crippen molar-refractivity contribution in [3.05, 3.63) is 23.4 Å². The highest BCUT2D eigenvalue weighted by Crippen LogP contribution is 2.20. The van der Waals surface area contributed by atoms with Crippen LogP contribution in [0.2, 0.25) is 0 Å². The fourth-order valence-electron chi connectivity index (χ4n) is 2.44. The Kier molecular flexibility index (Phi) is 5.17. The summed E-state index contributed by atoms with van der Waals surface area (Å²) in [7, 11) is 1.85. The van der Waals surface area contributed by atoms with E-state index in [1.54, 1.807) is 4.90 Å². The molecule has 0 spiro atoms. The maximum atomic E-state index is 12.7. The summed E-state index contributed by atoms with van der Waals surface area (Å²) in [6.45, 7) is 8.34. The molecule has 5 heteroatoms. The summed E-state index contributed by atoms with van der Waals surface area (Å²) in [5.74, 6) is 1.09. The highest BCUT2D eigenvalue weighted by molar-refractivity contribution is 5.95. The molecular formula is C16H25N3O2. The van der Waals surface area contributed by atoms with Gasteiger partial charge < -0.3 is 15.0 Å². The average molecular weight is 291 g/mol. The molecule has 21 heavy (non-hydrogen) atoms. The second kappa shape index (κ2) is 6.89.